The minimum absolute atomic E-state index is 0.221. The van der Waals surface area contributed by atoms with E-state index in [4.69, 9.17) is 33.7 Å². The lowest BCUT2D eigenvalue weighted by molar-refractivity contribution is -0.129. The van der Waals surface area contributed by atoms with E-state index in [1.54, 1.807) is 18.2 Å². The molecule has 114 valence electrons. The van der Waals surface area contributed by atoms with E-state index < -0.39 is 11.9 Å². The summed E-state index contributed by atoms with van der Waals surface area (Å²) in [6.45, 7) is 0.932. The lowest BCUT2D eigenvalue weighted by Crippen LogP contribution is -2.48. The SMILES string of the molecule is NC(=O)[C@@H](Cc1ccc(Cl)cc1Cl)NC(=O)[C@@H]1CCOC1. The quantitative estimate of drug-likeness (QED) is 0.859. The van der Waals surface area contributed by atoms with Gasteiger partial charge in [0.15, 0.2) is 0 Å². The van der Waals surface area contributed by atoms with Crippen molar-refractivity contribution in [2.75, 3.05) is 13.2 Å². The first-order valence-electron chi connectivity index (χ1n) is 6.58. The van der Waals surface area contributed by atoms with Gasteiger partial charge in [0, 0.05) is 23.1 Å². The summed E-state index contributed by atoms with van der Waals surface area (Å²) >= 11 is 11.9. The largest absolute Gasteiger partial charge is 0.381 e. The fraction of sp³-hybridized carbons (Fsp3) is 0.429. The van der Waals surface area contributed by atoms with E-state index in [0.29, 0.717) is 35.2 Å². The molecule has 0 spiro atoms. The van der Waals surface area contributed by atoms with Crippen LogP contribution in [0.3, 0.4) is 0 Å². The molecule has 1 aliphatic rings. The molecule has 0 aliphatic carbocycles. The van der Waals surface area contributed by atoms with Crippen LogP contribution in [0.25, 0.3) is 0 Å². The summed E-state index contributed by atoms with van der Waals surface area (Å²) in [5.74, 6) is -1.05. The first-order valence-corrected chi connectivity index (χ1v) is 7.34. The summed E-state index contributed by atoms with van der Waals surface area (Å²) in [6.07, 6.45) is 0.879. The van der Waals surface area contributed by atoms with E-state index in [1.165, 1.54) is 0 Å². The second kappa shape index (κ2) is 7.11. The van der Waals surface area contributed by atoms with Crippen molar-refractivity contribution in [2.24, 2.45) is 11.7 Å². The summed E-state index contributed by atoms with van der Waals surface area (Å²) in [5.41, 5.74) is 6.06. The Morgan fingerprint density at radius 3 is 2.76 bits per heavy atom. The Morgan fingerprint density at radius 1 is 1.43 bits per heavy atom. The molecule has 0 saturated carbocycles. The second-order valence-corrected chi connectivity index (χ2v) is 5.81. The van der Waals surface area contributed by atoms with Crippen LogP contribution in [0.1, 0.15) is 12.0 Å². The highest BCUT2D eigenvalue weighted by molar-refractivity contribution is 6.35. The Balaban J connectivity index is 2.04. The maximum atomic E-state index is 12.0. The van der Waals surface area contributed by atoms with Crippen molar-refractivity contribution in [3.8, 4) is 0 Å². The number of hydrogen-bond acceptors (Lipinski definition) is 3. The third kappa shape index (κ3) is 4.33. The fourth-order valence-electron chi connectivity index (χ4n) is 2.16. The topological polar surface area (TPSA) is 81.4 Å². The van der Waals surface area contributed by atoms with Crippen LogP contribution >= 0.6 is 23.2 Å². The van der Waals surface area contributed by atoms with Gasteiger partial charge < -0.3 is 15.8 Å². The fourth-order valence-corrected chi connectivity index (χ4v) is 2.65. The molecular formula is C14H16Cl2N2O3. The molecule has 21 heavy (non-hydrogen) atoms. The van der Waals surface area contributed by atoms with Crippen LogP contribution < -0.4 is 11.1 Å². The second-order valence-electron chi connectivity index (χ2n) is 4.96. The minimum Gasteiger partial charge on any atom is -0.381 e. The summed E-state index contributed by atoms with van der Waals surface area (Å²) < 4.78 is 5.16. The molecule has 2 rings (SSSR count). The Labute approximate surface area is 132 Å². The maximum absolute atomic E-state index is 12.0. The number of ether oxygens (including phenoxy) is 1. The van der Waals surface area contributed by atoms with Crippen LogP contribution in [-0.2, 0) is 20.7 Å². The van der Waals surface area contributed by atoms with E-state index in [0.717, 1.165) is 0 Å². The smallest absolute Gasteiger partial charge is 0.240 e. The summed E-state index contributed by atoms with van der Waals surface area (Å²) in [4.78, 5) is 23.6. The molecule has 3 N–H and O–H groups in total. The van der Waals surface area contributed by atoms with E-state index in [2.05, 4.69) is 5.32 Å². The van der Waals surface area contributed by atoms with Crippen molar-refractivity contribution < 1.29 is 14.3 Å². The minimum atomic E-state index is -0.809. The molecule has 1 aliphatic heterocycles. The monoisotopic (exact) mass is 330 g/mol. The predicted molar refractivity (Wildman–Crippen MR) is 80.2 cm³/mol. The van der Waals surface area contributed by atoms with Gasteiger partial charge in [-0.05, 0) is 24.1 Å². The number of benzene rings is 1. The Morgan fingerprint density at radius 2 is 2.19 bits per heavy atom. The Hall–Kier alpha value is -1.30. The zero-order valence-corrected chi connectivity index (χ0v) is 12.8. The van der Waals surface area contributed by atoms with Crippen LogP contribution in [0.2, 0.25) is 10.0 Å². The van der Waals surface area contributed by atoms with Gasteiger partial charge in [0.2, 0.25) is 11.8 Å². The Bertz CT molecular complexity index is 545. The molecule has 2 atom stereocenters. The van der Waals surface area contributed by atoms with Crippen LogP contribution in [-0.4, -0.2) is 31.1 Å². The average molecular weight is 331 g/mol. The molecule has 7 heteroatoms. The third-order valence-corrected chi connectivity index (χ3v) is 3.99. The van der Waals surface area contributed by atoms with Crippen molar-refractivity contribution in [1.82, 2.24) is 5.32 Å². The van der Waals surface area contributed by atoms with Crippen molar-refractivity contribution in [3.05, 3.63) is 33.8 Å². The highest BCUT2D eigenvalue weighted by atomic mass is 35.5. The maximum Gasteiger partial charge on any atom is 0.240 e. The van der Waals surface area contributed by atoms with Gasteiger partial charge in [-0.2, -0.15) is 0 Å². The van der Waals surface area contributed by atoms with Gasteiger partial charge in [-0.25, -0.2) is 0 Å². The van der Waals surface area contributed by atoms with Gasteiger partial charge in [0.25, 0.3) is 0 Å². The molecule has 2 amide bonds. The van der Waals surface area contributed by atoms with E-state index in [9.17, 15) is 9.59 Å². The standard InChI is InChI=1S/C14H16Cl2N2O3/c15-10-2-1-8(11(16)6-10)5-12(13(17)19)18-14(20)9-3-4-21-7-9/h1-2,6,9,12H,3-5,7H2,(H2,17,19)(H,18,20)/t9-,12-/m1/s1. The van der Waals surface area contributed by atoms with Crippen molar-refractivity contribution in [3.63, 3.8) is 0 Å². The van der Waals surface area contributed by atoms with Crippen molar-refractivity contribution in [1.29, 1.82) is 0 Å². The number of halogens is 2. The van der Waals surface area contributed by atoms with Gasteiger partial charge in [-0.3, -0.25) is 9.59 Å². The molecular weight excluding hydrogens is 315 g/mol. The average Bonchev–Trinajstić information content (AvgIpc) is 2.94. The number of nitrogens with two attached hydrogens (primary N) is 1. The normalized spacial score (nSPS) is 19.2. The number of amides is 2. The molecule has 1 fully saturated rings. The lowest BCUT2D eigenvalue weighted by atomic mass is 10.0. The van der Waals surface area contributed by atoms with Crippen LogP contribution in [0, 0.1) is 5.92 Å². The van der Waals surface area contributed by atoms with Crippen LogP contribution in [0.15, 0.2) is 18.2 Å². The van der Waals surface area contributed by atoms with Gasteiger partial charge >= 0.3 is 0 Å². The third-order valence-electron chi connectivity index (χ3n) is 3.40. The molecule has 1 saturated heterocycles. The molecule has 0 bridgehead atoms. The van der Waals surface area contributed by atoms with Crippen LogP contribution in [0.4, 0.5) is 0 Å². The molecule has 1 aromatic rings. The highest BCUT2D eigenvalue weighted by Crippen LogP contribution is 2.22. The van der Waals surface area contributed by atoms with Gasteiger partial charge in [0.1, 0.15) is 6.04 Å². The number of rotatable bonds is 5. The van der Waals surface area contributed by atoms with E-state index in [-0.39, 0.29) is 18.2 Å². The number of nitrogens with one attached hydrogen (secondary N) is 1. The van der Waals surface area contributed by atoms with Crippen molar-refractivity contribution >= 4 is 35.0 Å². The van der Waals surface area contributed by atoms with Gasteiger partial charge in [-0.15, -0.1) is 0 Å². The van der Waals surface area contributed by atoms with Gasteiger partial charge in [0.05, 0.1) is 12.5 Å². The Kier molecular flexibility index (Phi) is 5.45. The summed E-state index contributed by atoms with van der Waals surface area (Å²) in [5, 5.41) is 3.61. The lowest BCUT2D eigenvalue weighted by Gasteiger charge is -2.18. The van der Waals surface area contributed by atoms with Crippen molar-refractivity contribution in [2.45, 2.75) is 18.9 Å². The number of hydrogen-bond donors (Lipinski definition) is 2. The zero-order chi connectivity index (χ0) is 15.4. The molecule has 1 heterocycles. The highest BCUT2D eigenvalue weighted by Gasteiger charge is 2.27. The van der Waals surface area contributed by atoms with E-state index >= 15 is 0 Å². The first kappa shape index (κ1) is 16.1. The predicted octanol–water partition coefficient (Wildman–Crippen LogP) is 1.54. The summed E-state index contributed by atoms with van der Waals surface area (Å²) in [6, 6.07) is 4.17. The number of carbonyl (C=O) groups excluding carboxylic acids is 2. The first-order chi connectivity index (χ1) is 9.97. The molecule has 5 nitrogen and oxygen atoms in total. The molecule has 0 unspecified atom stereocenters. The number of primary amides is 1. The summed E-state index contributed by atoms with van der Waals surface area (Å²) in [7, 11) is 0. The zero-order valence-electron chi connectivity index (χ0n) is 11.3. The number of carbonyl (C=O) groups is 2. The van der Waals surface area contributed by atoms with Gasteiger partial charge in [-0.1, -0.05) is 29.3 Å². The molecule has 0 radical (unpaired) electrons. The van der Waals surface area contributed by atoms with Crippen LogP contribution in [0.5, 0.6) is 0 Å². The van der Waals surface area contributed by atoms with E-state index in [1.807, 2.05) is 0 Å². The molecule has 1 aromatic carbocycles. The molecule has 0 aromatic heterocycles.